The molecule has 1 heterocycles. The van der Waals surface area contributed by atoms with Gasteiger partial charge in [0.1, 0.15) is 5.75 Å². The van der Waals surface area contributed by atoms with Crippen molar-refractivity contribution in [1.82, 2.24) is 10.2 Å². The molecule has 170 valence electrons. The molecule has 3 amide bonds. The highest BCUT2D eigenvalue weighted by Crippen LogP contribution is 2.23. The maximum Gasteiger partial charge on any atom is 0.260 e. The number of carbonyl (C=O) groups excluding carboxylic acids is 3. The maximum absolute atomic E-state index is 12.6. The Morgan fingerprint density at radius 3 is 2.38 bits per heavy atom. The standard InChI is InChI=1S/C25H31N3O4/c1-17-5-3-6-18(2)28(17)23(29)16-32-22-11-9-20(10-12-22)25(31)27-14-13-19-7-4-8-21(15-19)24(26)30/h4,7-12,15,17-18H,3,5-6,13-14,16H2,1-2H3,(H2,26,30)(H,27,31). The van der Waals surface area contributed by atoms with E-state index in [0.717, 1.165) is 24.8 Å². The van der Waals surface area contributed by atoms with Gasteiger partial charge in [-0.1, -0.05) is 12.1 Å². The average Bonchev–Trinajstić information content (AvgIpc) is 2.78. The Balaban J connectivity index is 1.46. The van der Waals surface area contributed by atoms with Crippen LogP contribution in [0.4, 0.5) is 0 Å². The number of nitrogens with two attached hydrogens (primary N) is 1. The van der Waals surface area contributed by atoms with Crippen LogP contribution in [0.25, 0.3) is 0 Å². The molecule has 3 rings (SSSR count). The Morgan fingerprint density at radius 1 is 1.03 bits per heavy atom. The fourth-order valence-electron chi connectivity index (χ4n) is 4.14. The van der Waals surface area contributed by atoms with Crippen molar-refractivity contribution in [3.05, 3.63) is 65.2 Å². The topological polar surface area (TPSA) is 102 Å². The first kappa shape index (κ1) is 23.3. The van der Waals surface area contributed by atoms with Crippen LogP contribution in [0.3, 0.4) is 0 Å². The molecule has 0 aliphatic carbocycles. The largest absolute Gasteiger partial charge is 0.484 e. The van der Waals surface area contributed by atoms with Crippen molar-refractivity contribution < 1.29 is 19.1 Å². The highest BCUT2D eigenvalue weighted by molar-refractivity contribution is 5.94. The fraction of sp³-hybridized carbons (Fsp3) is 0.400. The first-order chi connectivity index (χ1) is 15.3. The summed E-state index contributed by atoms with van der Waals surface area (Å²) in [5.41, 5.74) is 7.18. The quantitative estimate of drug-likeness (QED) is 0.663. The van der Waals surface area contributed by atoms with Crippen LogP contribution in [0.2, 0.25) is 0 Å². The van der Waals surface area contributed by atoms with E-state index in [1.807, 2.05) is 11.0 Å². The number of nitrogens with zero attached hydrogens (tertiary/aromatic N) is 1. The van der Waals surface area contributed by atoms with E-state index in [1.54, 1.807) is 42.5 Å². The molecule has 0 bridgehead atoms. The zero-order valence-corrected chi connectivity index (χ0v) is 18.7. The van der Waals surface area contributed by atoms with E-state index in [1.165, 1.54) is 0 Å². The fourth-order valence-corrected chi connectivity index (χ4v) is 4.14. The lowest BCUT2D eigenvalue weighted by atomic mass is 9.97. The van der Waals surface area contributed by atoms with E-state index < -0.39 is 5.91 Å². The minimum Gasteiger partial charge on any atom is -0.484 e. The molecule has 2 unspecified atom stereocenters. The maximum atomic E-state index is 12.6. The van der Waals surface area contributed by atoms with Crippen molar-refractivity contribution in [3.8, 4) is 5.75 Å². The number of hydrogen-bond donors (Lipinski definition) is 2. The molecule has 2 aromatic rings. The van der Waals surface area contributed by atoms with E-state index in [-0.39, 0.29) is 30.5 Å². The molecule has 1 aliphatic heterocycles. The van der Waals surface area contributed by atoms with Gasteiger partial charge in [-0.3, -0.25) is 14.4 Å². The minimum atomic E-state index is -0.472. The van der Waals surface area contributed by atoms with Crippen LogP contribution in [-0.4, -0.2) is 47.9 Å². The van der Waals surface area contributed by atoms with E-state index in [9.17, 15) is 14.4 Å². The molecule has 1 fully saturated rings. The van der Waals surface area contributed by atoms with Gasteiger partial charge in [0.15, 0.2) is 6.61 Å². The number of amides is 3. The molecular weight excluding hydrogens is 406 g/mol. The summed E-state index contributed by atoms with van der Waals surface area (Å²) in [4.78, 5) is 38.1. The van der Waals surface area contributed by atoms with Gasteiger partial charge in [0.05, 0.1) is 0 Å². The molecule has 1 aliphatic rings. The number of nitrogens with one attached hydrogen (secondary N) is 1. The summed E-state index contributed by atoms with van der Waals surface area (Å²) in [6.07, 6.45) is 3.78. The molecule has 2 aromatic carbocycles. The SMILES string of the molecule is CC1CCCC(C)N1C(=O)COc1ccc(C(=O)NCCc2cccc(C(N)=O)c2)cc1. The smallest absolute Gasteiger partial charge is 0.260 e. The summed E-state index contributed by atoms with van der Waals surface area (Å²) >= 11 is 0. The molecule has 0 radical (unpaired) electrons. The van der Waals surface area contributed by atoms with Crippen LogP contribution in [0.1, 0.15) is 59.4 Å². The van der Waals surface area contributed by atoms with Crippen LogP contribution in [0, 0.1) is 0 Å². The van der Waals surface area contributed by atoms with Gasteiger partial charge in [-0.2, -0.15) is 0 Å². The Kier molecular flexibility index (Phi) is 7.87. The van der Waals surface area contributed by atoms with E-state index in [0.29, 0.717) is 29.8 Å². The highest BCUT2D eigenvalue weighted by atomic mass is 16.5. The molecule has 1 saturated heterocycles. The lowest BCUT2D eigenvalue weighted by Crippen LogP contribution is -2.49. The zero-order chi connectivity index (χ0) is 23.1. The van der Waals surface area contributed by atoms with Gasteiger partial charge in [0.2, 0.25) is 5.91 Å². The van der Waals surface area contributed by atoms with Crippen molar-refractivity contribution in [3.63, 3.8) is 0 Å². The van der Waals surface area contributed by atoms with Gasteiger partial charge in [0, 0.05) is 29.8 Å². The molecule has 0 aromatic heterocycles. The third kappa shape index (κ3) is 6.09. The summed E-state index contributed by atoms with van der Waals surface area (Å²) in [7, 11) is 0. The molecule has 3 N–H and O–H groups in total. The van der Waals surface area contributed by atoms with E-state index in [4.69, 9.17) is 10.5 Å². The Labute approximate surface area is 188 Å². The van der Waals surface area contributed by atoms with Crippen LogP contribution < -0.4 is 15.8 Å². The number of likely N-dealkylation sites (tertiary alicyclic amines) is 1. The molecule has 7 heteroatoms. The van der Waals surface area contributed by atoms with Crippen molar-refractivity contribution in [2.45, 2.75) is 51.6 Å². The Bertz CT molecular complexity index is 948. The third-order valence-electron chi connectivity index (χ3n) is 5.87. The number of rotatable bonds is 8. The van der Waals surface area contributed by atoms with Gasteiger partial charge in [-0.05, 0) is 81.5 Å². The lowest BCUT2D eigenvalue weighted by molar-refractivity contribution is -0.139. The van der Waals surface area contributed by atoms with Crippen molar-refractivity contribution in [2.75, 3.05) is 13.2 Å². The molecule has 7 nitrogen and oxygen atoms in total. The Morgan fingerprint density at radius 2 is 1.72 bits per heavy atom. The monoisotopic (exact) mass is 437 g/mol. The number of benzene rings is 2. The summed E-state index contributed by atoms with van der Waals surface area (Å²) in [6.45, 7) is 4.58. The van der Waals surface area contributed by atoms with Crippen LogP contribution in [0.5, 0.6) is 5.75 Å². The molecule has 32 heavy (non-hydrogen) atoms. The third-order valence-corrected chi connectivity index (χ3v) is 5.87. The van der Waals surface area contributed by atoms with Gasteiger partial charge >= 0.3 is 0 Å². The molecule has 2 atom stereocenters. The Hall–Kier alpha value is -3.35. The number of ether oxygens (including phenoxy) is 1. The second kappa shape index (κ2) is 10.8. The summed E-state index contributed by atoms with van der Waals surface area (Å²) in [5, 5.41) is 2.86. The second-order valence-electron chi connectivity index (χ2n) is 8.31. The summed E-state index contributed by atoms with van der Waals surface area (Å²) < 4.78 is 5.66. The molecular formula is C25H31N3O4. The van der Waals surface area contributed by atoms with Crippen LogP contribution >= 0.6 is 0 Å². The van der Waals surface area contributed by atoms with Gasteiger partial charge < -0.3 is 20.7 Å². The second-order valence-corrected chi connectivity index (χ2v) is 8.31. The van der Waals surface area contributed by atoms with Gasteiger partial charge in [-0.15, -0.1) is 0 Å². The highest BCUT2D eigenvalue weighted by Gasteiger charge is 2.28. The lowest BCUT2D eigenvalue weighted by Gasteiger charge is -2.38. The number of hydrogen-bond acceptors (Lipinski definition) is 4. The van der Waals surface area contributed by atoms with Gasteiger partial charge in [-0.25, -0.2) is 0 Å². The molecule has 0 spiro atoms. The first-order valence-electron chi connectivity index (χ1n) is 11.1. The first-order valence-corrected chi connectivity index (χ1v) is 11.1. The van der Waals surface area contributed by atoms with Gasteiger partial charge in [0.25, 0.3) is 11.8 Å². The normalized spacial score (nSPS) is 18.1. The number of primary amides is 1. The number of carbonyl (C=O) groups is 3. The minimum absolute atomic E-state index is 0.00748. The van der Waals surface area contributed by atoms with Crippen molar-refractivity contribution in [2.24, 2.45) is 5.73 Å². The zero-order valence-electron chi connectivity index (χ0n) is 18.7. The average molecular weight is 438 g/mol. The summed E-state index contributed by atoms with van der Waals surface area (Å²) in [5.74, 6) is -0.128. The van der Waals surface area contributed by atoms with E-state index in [2.05, 4.69) is 19.2 Å². The molecule has 0 saturated carbocycles. The predicted molar refractivity (Wildman–Crippen MR) is 123 cm³/mol. The summed E-state index contributed by atoms with van der Waals surface area (Å²) in [6, 6.07) is 14.3. The van der Waals surface area contributed by atoms with Crippen LogP contribution in [-0.2, 0) is 11.2 Å². The van der Waals surface area contributed by atoms with E-state index >= 15 is 0 Å². The number of piperidine rings is 1. The van der Waals surface area contributed by atoms with Crippen molar-refractivity contribution in [1.29, 1.82) is 0 Å². The van der Waals surface area contributed by atoms with Crippen molar-refractivity contribution >= 4 is 17.7 Å². The predicted octanol–water partition coefficient (Wildman–Crippen LogP) is 2.93. The van der Waals surface area contributed by atoms with Crippen LogP contribution in [0.15, 0.2) is 48.5 Å².